The van der Waals surface area contributed by atoms with Crippen molar-refractivity contribution in [3.05, 3.63) is 5.69 Å². The maximum absolute atomic E-state index is 11.5. The van der Waals surface area contributed by atoms with E-state index >= 15 is 0 Å². The molecule has 0 radical (unpaired) electrons. The minimum Gasteiger partial charge on any atom is -0.379 e. The summed E-state index contributed by atoms with van der Waals surface area (Å²) in [6.07, 6.45) is 2.12. The number of anilines is 1. The lowest BCUT2D eigenvalue weighted by Gasteiger charge is -1.99. The second-order valence-electron chi connectivity index (χ2n) is 3.48. The number of rotatable bonds is 3. The molecule has 0 spiro atoms. The third-order valence-corrected chi connectivity index (χ3v) is 2.49. The molecule has 1 fully saturated rings. The monoisotopic (exact) mass is 196 g/mol. The molecule has 6 heteroatoms. The van der Waals surface area contributed by atoms with Gasteiger partial charge >= 0.3 is 0 Å². The molecule has 1 aromatic rings. The SMILES string of the molecule is CCC1CC1NC(=O)c1nonc1N. The molecular weight excluding hydrogens is 184 g/mol. The lowest BCUT2D eigenvalue weighted by atomic mass is 10.3. The number of amides is 1. The number of hydrogen-bond acceptors (Lipinski definition) is 5. The molecule has 0 saturated heterocycles. The van der Waals surface area contributed by atoms with Gasteiger partial charge in [0.05, 0.1) is 0 Å². The molecule has 2 atom stereocenters. The molecule has 1 saturated carbocycles. The van der Waals surface area contributed by atoms with Gasteiger partial charge in [0, 0.05) is 6.04 Å². The number of nitrogen functional groups attached to an aromatic ring is 1. The quantitative estimate of drug-likeness (QED) is 0.719. The molecule has 76 valence electrons. The Balaban J connectivity index is 1.94. The van der Waals surface area contributed by atoms with Crippen LogP contribution < -0.4 is 11.1 Å². The fourth-order valence-electron chi connectivity index (χ4n) is 1.47. The van der Waals surface area contributed by atoms with E-state index in [1.54, 1.807) is 0 Å². The minimum atomic E-state index is -0.301. The van der Waals surface area contributed by atoms with Crippen LogP contribution in [0, 0.1) is 5.92 Å². The molecule has 1 aromatic heterocycles. The molecule has 14 heavy (non-hydrogen) atoms. The number of carbonyl (C=O) groups is 1. The van der Waals surface area contributed by atoms with Crippen LogP contribution in [0.2, 0.25) is 0 Å². The third kappa shape index (κ3) is 1.55. The summed E-state index contributed by atoms with van der Waals surface area (Å²) in [4.78, 5) is 11.5. The highest BCUT2D eigenvalue weighted by Gasteiger charge is 2.37. The van der Waals surface area contributed by atoms with Crippen molar-refractivity contribution in [3.8, 4) is 0 Å². The topological polar surface area (TPSA) is 94.0 Å². The van der Waals surface area contributed by atoms with Gasteiger partial charge in [-0.05, 0) is 22.7 Å². The first-order valence-electron chi connectivity index (χ1n) is 4.61. The Bertz CT molecular complexity index is 349. The van der Waals surface area contributed by atoms with Crippen molar-refractivity contribution in [1.29, 1.82) is 0 Å². The Morgan fingerprint density at radius 1 is 1.71 bits per heavy atom. The molecule has 0 bridgehead atoms. The van der Waals surface area contributed by atoms with Gasteiger partial charge in [0.2, 0.25) is 11.5 Å². The largest absolute Gasteiger partial charge is 0.379 e. The third-order valence-electron chi connectivity index (χ3n) is 2.49. The maximum atomic E-state index is 11.5. The van der Waals surface area contributed by atoms with Crippen LogP contribution in [0.5, 0.6) is 0 Å². The molecule has 6 nitrogen and oxygen atoms in total. The molecule has 1 aliphatic carbocycles. The second-order valence-corrected chi connectivity index (χ2v) is 3.48. The maximum Gasteiger partial charge on any atom is 0.277 e. The lowest BCUT2D eigenvalue weighted by Crippen LogP contribution is -2.27. The van der Waals surface area contributed by atoms with E-state index in [-0.39, 0.29) is 23.5 Å². The van der Waals surface area contributed by atoms with Crippen LogP contribution >= 0.6 is 0 Å². The van der Waals surface area contributed by atoms with Crippen LogP contribution in [0.1, 0.15) is 30.3 Å². The van der Waals surface area contributed by atoms with Gasteiger partial charge in [0.25, 0.3) is 5.91 Å². The molecule has 3 N–H and O–H groups in total. The summed E-state index contributed by atoms with van der Waals surface area (Å²) in [7, 11) is 0. The van der Waals surface area contributed by atoms with Gasteiger partial charge in [-0.15, -0.1) is 0 Å². The van der Waals surface area contributed by atoms with Crippen LogP contribution in [0.25, 0.3) is 0 Å². The molecule has 0 aromatic carbocycles. The second kappa shape index (κ2) is 3.28. The van der Waals surface area contributed by atoms with Crippen molar-refractivity contribution in [2.75, 3.05) is 5.73 Å². The highest BCUT2D eigenvalue weighted by molar-refractivity contribution is 5.96. The van der Waals surface area contributed by atoms with Crippen molar-refractivity contribution in [1.82, 2.24) is 15.6 Å². The summed E-state index contributed by atoms with van der Waals surface area (Å²) in [5.41, 5.74) is 5.45. The van der Waals surface area contributed by atoms with Crippen molar-refractivity contribution in [3.63, 3.8) is 0 Å². The first kappa shape index (κ1) is 8.98. The molecule has 1 heterocycles. The number of nitrogens with zero attached hydrogens (tertiary/aromatic N) is 2. The van der Waals surface area contributed by atoms with Gasteiger partial charge in [-0.25, -0.2) is 4.63 Å². The van der Waals surface area contributed by atoms with Crippen LogP contribution in [0.3, 0.4) is 0 Å². The zero-order valence-corrected chi connectivity index (χ0v) is 7.86. The van der Waals surface area contributed by atoms with Crippen LogP contribution in [0.4, 0.5) is 5.82 Å². The van der Waals surface area contributed by atoms with E-state index in [9.17, 15) is 4.79 Å². The van der Waals surface area contributed by atoms with E-state index in [0.29, 0.717) is 5.92 Å². The Kier molecular flexibility index (Phi) is 2.11. The Morgan fingerprint density at radius 2 is 2.50 bits per heavy atom. The predicted octanol–water partition coefficient (Wildman–Crippen LogP) is 0.180. The smallest absolute Gasteiger partial charge is 0.277 e. The van der Waals surface area contributed by atoms with E-state index in [0.717, 1.165) is 12.8 Å². The van der Waals surface area contributed by atoms with E-state index in [2.05, 4.69) is 27.2 Å². The van der Waals surface area contributed by atoms with E-state index in [1.807, 2.05) is 0 Å². The first-order valence-corrected chi connectivity index (χ1v) is 4.61. The summed E-state index contributed by atoms with van der Waals surface area (Å²) in [6, 6.07) is 0.267. The summed E-state index contributed by atoms with van der Waals surface area (Å²) < 4.78 is 4.34. The van der Waals surface area contributed by atoms with Gasteiger partial charge in [-0.1, -0.05) is 13.3 Å². The van der Waals surface area contributed by atoms with E-state index in [1.165, 1.54) is 0 Å². The standard InChI is InChI=1S/C8H12N4O2/c1-2-4-3-5(4)10-8(13)6-7(9)12-14-11-6/h4-5H,2-3H2,1H3,(H2,9,12)(H,10,13). The van der Waals surface area contributed by atoms with Gasteiger partial charge in [-0.3, -0.25) is 4.79 Å². The minimum absolute atomic E-state index is 0.0381. The average Bonchev–Trinajstić information content (AvgIpc) is 2.77. The van der Waals surface area contributed by atoms with E-state index in [4.69, 9.17) is 5.73 Å². The summed E-state index contributed by atoms with van der Waals surface area (Å²) >= 11 is 0. The molecule has 0 aliphatic heterocycles. The van der Waals surface area contributed by atoms with Gasteiger partial charge in [-0.2, -0.15) is 0 Å². The first-order chi connectivity index (χ1) is 6.72. The zero-order chi connectivity index (χ0) is 10.1. The number of carbonyl (C=O) groups excluding carboxylic acids is 1. The summed E-state index contributed by atoms with van der Waals surface area (Å²) in [5, 5.41) is 9.58. The van der Waals surface area contributed by atoms with Gasteiger partial charge in [0.1, 0.15) is 0 Å². The van der Waals surface area contributed by atoms with Gasteiger partial charge < -0.3 is 11.1 Å². The number of aromatic nitrogens is 2. The Morgan fingerprint density at radius 3 is 3.00 bits per heavy atom. The normalized spacial score (nSPS) is 24.6. The van der Waals surface area contributed by atoms with Crippen molar-refractivity contribution >= 4 is 11.7 Å². The summed E-state index contributed by atoms with van der Waals surface area (Å²) in [6.45, 7) is 2.10. The fraction of sp³-hybridized carbons (Fsp3) is 0.625. The van der Waals surface area contributed by atoms with Crippen LogP contribution in [0.15, 0.2) is 4.63 Å². The average molecular weight is 196 g/mol. The number of nitrogens with one attached hydrogen (secondary N) is 1. The Hall–Kier alpha value is -1.59. The number of nitrogens with two attached hydrogens (primary N) is 1. The highest BCUT2D eigenvalue weighted by atomic mass is 16.6. The highest BCUT2D eigenvalue weighted by Crippen LogP contribution is 2.33. The summed E-state index contributed by atoms with van der Waals surface area (Å²) in [5.74, 6) is 0.334. The molecule has 1 aliphatic rings. The predicted molar refractivity (Wildman–Crippen MR) is 48.4 cm³/mol. The van der Waals surface area contributed by atoms with E-state index < -0.39 is 0 Å². The molecule has 2 unspecified atom stereocenters. The molecular formula is C8H12N4O2. The molecule has 1 amide bonds. The fourth-order valence-corrected chi connectivity index (χ4v) is 1.47. The molecule has 2 rings (SSSR count). The van der Waals surface area contributed by atoms with Crippen molar-refractivity contribution in [2.45, 2.75) is 25.8 Å². The van der Waals surface area contributed by atoms with Crippen molar-refractivity contribution in [2.24, 2.45) is 5.92 Å². The van der Waals surface area contributed by atoms with Gasteiger partial charge in [0.15, 0.2) is 0 Å². The zero-order valence-electron chi connectivity index (χ0n) is 7.86. The number of hydrogen-bond donors (Lipinski definition) is 2. The lowest BCUT2D eigenvalue weighted by molar-refractivity contribution is 0.0939. The Labute approximate surface area is 80.8 Å². The van der Waals surface area contributed by atoms with Crippen molar-refractivity contribution < 1.29 is 9.42 Å². The van der Waals surface area contributed by atoms with Crippen LogP contribution in [-0.4, -0.2) is 22.3 Å². The van der Waals surface area contributed by atoms with Crippen LogP contribution in [-0.2, 0) is 0 Å².